The summed E-state index contributed by atoms with van der Waals surface area (Å²) in [4.78, 5) is 14.7. The van der Waals surface area contributed by atoms with E-state index in [1.807, 2.05) is 30.3 Å². The normalized spacial score (nSPS) is 14.8. The van der Waals surface area contributed by atoms with Crippen LogP contribution in [0.5, 0.6) is 5.75 Å². The summed E-state index contributed by atoms with van der Waals surface area (Å²) in [6.07, 6.45) is 0.350. The molecule has 5 heteroatoms. The number of carbonyl (C=O) groups excluding carboxylic acids is 1. The maximum atomic E-state index is 12.3. The minimum atomic E-state index is 0.0134. The number of hydrogen-bond donors (Lipinski definition) is 1. The molecule has 1 heterocycles. The first-order valence-electron chi connectivity index (χ1n) is 9.01. The first-order valence-corrected chi connectivity index (χ1v) is 9.01. The lowest BCUT2D eigenvalue weighted by Crippen LogP contribution is -2.36. The van der Waals surface area contributed by atoms with E-state index in [9.17, 15) is 4.79 Å². The van der Waals surface area contributed by atoms with Gasteiger partial charge in [-0.1, -0.05) is 36.4 Å². The van der Waals surface area contributed by atoms with Gasteiger partial charge in [0.15, 0.2) is 0 Å². The van der Waals surface area contributed by atoms with Gasteiger partial charge in [-0.3, -0.25) is 9.69 Å². The van der Waals surface area contributed by atoms with Gasteiger partial charge in [0.05, 0.1) is 26.7 Å². The van der Waals surface area contributed by atoms with Crippen molar-refractivity contribution in [3.05, 3.63) is 65.2 Å². The molecular weight excluding hydrogens is 328 g/mol. The van der Waals surface area contributed by atoms with E-state index in [4.69, 9.17) is 9.47 Å². The van der Waals surface area contributed by atoms with Gasteiger partial charge in [-0.25, -0.2) is 0 Å². The maximum absolute atomic E-state index is 12.3. The monoisotopic (exact) mass is 354 g/mol. The molecule has 26 heavy (non-hydrogen) atoms. The fourth-order valence-corrected chi connectivity index (χ4v) is 3.11. The van der Waals surface area contributed by atoms with Gasteiger partial charge >= 0.3 is 0 Å². The average molecular weight is 354 g/mol. The Labute approximate surface area is 154 Å². The average Bonchev–Trinajstić information content (AvgIpc) is 2.68. The van der Waals surface area contributed by atoms with E-state index in [0.717, 1.165) is 49.7 Å². The van der Waals surface area contributed by atoms with Crippen LogP contribution in [0.15, 0.2) is 48.5 Å². The summed E-state index contributed by atoms with van der Waals surface area (Å²) in [7, 11) is 1.63. The fraction of sp³-hybridized carbons (Fsp3) is 0.381. The van der Waals surface area contributed by atoms with Crippen LogP contribution >= 0.6 is 0 Å². The van der Waals surface area contributed by atoms with E-state index in [1.54, 1.807) is 7.11 Å². The predicted molar refractivity (Wildman–Crippen MR) is 101 cm³/mol. The highest BCUT2D eigenvalue weighted by atomic mass is 16.5. The zero-order valence-corrected chi connectivity index (χ0v) is 15.2. The third kappa shape index (κ3) is 5.31. The quantitative estimate of drug-likeness (QED) is 0.829. The summed E-state index contributed by atoms with van der Waals surface area (Å²) in [6.45, 7) is 4.93. The van der Waals surface area contributed by atoms with Gasteiger partial charge in [-0.15, -0.1) is 0 Å². The molecule has 5 nitrogen and oxygen atoms in total. The summed E-state index contributed by atoms with van der Waals surface area (Å²) in [5.74, 6) is 0.783. The van der Waals surface area contributed by atoms with Crippen LogP contribution in [0.4, 0.5) is 0 Å². The summed E-state index contributed by atoms with van der Waals surface area (Å²) < 4.78 is 10.6. The van der Waals surface area contributed by atoms with Crippen LogP contribution in [0.3, 0.4) is 0 Å². The molecule has 2 aromatic carbocycles. The van der Waals surface area contributed by atoms with Crippen LogP contribution in [0, 0.1) is 0 Å². The van der Waals surface area contributed by atoms with Crippen molar-refractivity contribution in [1.82, 2.24) is 10.2 Å². The van der Waals surface area contributed by atoms with Crippen molar-refractivity contribution in [1.29, 1.82) is 0 Å². The molecule has 1 N–H and O–H groups in total. The Balaban J connectivity index is 1.56. The van der Waals surface area contributed by atoms with E-state index in [2.05, 4.69) is 28.4 Å². The van der Waals surface area contributed by atoms with Gasteiger partial charge in [-0.2, -0.15) is 0 Å². The molecule has 3 rings (SSSR count). The Morgan fingerprint density at radius 2 is 1.88 bits per heavy atom. The summed E-state index contributed by atoms with van der Waals surface area (Å²) >= 11 is 0. The number of methoxy groups -OCH3 is 1. The van der Waals surface area contributed by atoms with Crippen molar-refractivity contribution in [2.75, 3.05) is 33.4 Å². The maximum Gasteiger partial charge on any atom is 0.224 e. The van der Waals surface area contributed by atoms with Crippen molar-refractivity contribution >= 4 is 5.91 Å². The molecule has 1 aliphatic rings. The third-order valence-corrected chi connectivity index (χ3v) is 4.59. The molecule has 1 saturated heterocycles. The van der Waals surface area contributed by atoms with Gasteiger partial charge in [0.1, 0.15) is 5.75 Å². The van der Waals surface area contributed by atoms with Crippen molar-refractivity contribution < 1.29 is 14.3 Å². The summed E-state index contributed by atoms with van der Waals surface area (Å²) in [6, 6.07) is 15.9. The fourth-order valence-electron chi connectivity index (χ4n) is 3.11. The van der Waals surface area contributed by atoms with Crippen LogP contribution in [0.1, 0.15) is 16.7 Å². The molecule has 2 aromatic rings. The first kappa shape index (κ1) is 18.4. The molecule has 0 unspecified atom stereocenters. The molecule has 0 bridgehead atoms. The van der Waals surface area contributed by atoms with Gasteiger partial charge in [0.2, 0.25) is 5.91 Å². The second-order valence-corrected chi connectivity index (χ2v) is 6.46. The zero-order chi connectivity index (χ0) is 18.2. The van der Waals surface area contributed by atoms with E-state index >= 15 is 0 Å². The van der Waals surface area contributed by atoms with Gasteiger partial charge in [-0.05, 0) is 28.8 Å². The highest BCUT2D eigenvalue weighted by Crippen LogP contribution is 2.14. The Morgan fingerprint density at radius 3 is 2.65 bits per heavy atom. The molecule has 138 valence electrons. The lowest BCUT2D eigenvalue weighted by Gasteiger charge is -2.27. The second kappa shape index (κ2) is 9.36. The molecule has 1 fully saturated rings. The largest absolute Gasteiger partial charge is 0.497 e. The second-order valence-electron chi connectivity index (χ2n) is 6.46. The highest BCUT2D eigenvalue weighted by molar-refractivity contribution is 5.78. The number of carbonyl (C=O) groups is 1. The smallest absolute Gasteiger partial charge is 0.224 e. The lowest BCUT2D eigenvalue weighted by molar-refractivity contribution is -0.120. The Bertz CT molecular complexity index is 727. The molecule has 0 atom stereocenters. The molecule has 0 saturated carbocycles. The minimum Gasteiger partial charge on any atom is -0.497 e. The minimum absolute atomic E-state index is 0.0134. The van der Waals surface area contributed by atoms with Crippen LogP contribution in [0.25, 0.3) is 0 Å². The standard InChI is InChI=1S/C21H26N2O3/c1-25-20-8-4-5-17(13-20)14-21(24)22-15-18-6-2-3-7-19(18)16-23-9-11-26-12-10-23/h2-8,13H,9-12,14-16H2,1H3,(H,22,24). The Hall–Kier alpha value is -2.37. The molecule has 0 aliphatic carbocycles. The predicted octanol–water partition coefficient (Wildman–Crippen LogP) is 2.39. The number of benzene rings is 2. The number of nitrogens with zero attached hydrogens (tertiary/aromatic N) is 1. The van der Waals surface area contributed by atoms with E-state index in [-0.39, 0.29) is 5.91 Å². The van der Waals surface area contributed by atoms with E-state index in [0.29, 0.717) is 13.0 Å². The molecule has 0 spiro atoms. The van der Waals surface area contributed by atoms with Crippen LogP contribution in [-0.4, -0.2) is 44.2 Å². The molecule has 1 aliphatic heterocycles. The van der Waals surface area contributed by atoms with Gasteiger partial charge < -0.3 is 14.8 Å². The highest BCUT2D eigenvalue weighted by Gasteiger charge is 2.13. The van der Waals surface area contributed by atoms with Crippen LogP contribution in [0.2, 0.25) is 0 Å². The number of amides is 1. The van der Waals surface area contributed by atoms with Gasteiger partial charge in [0.25, 0.3) is 0 Å². The van der Waals surface area contributed by atoms with E-state index in [1.165, 1.54) is 5.56 Å². The van der Waals surface area contributed by atoms with Crippen LogP contribution in [-0.2, 0) is 29.0 Å². The molecule has 0 aromatic heterocycles. The SMILES string of the molecule is COc1cccc(CC(=O)NCc2ccccc2CN2CCOCC2)c1. The zero-order valence-electron chi connectivity index (χ0n) is 15.2. The molecule has 1 amide bonds. The van der Waals surface area contributed by atoms with E-state index < -0.39 is 0 Å². The number of morpholine rings is 1. The van der Waals surface area contributed by atoms with Crippen molar-refractivity contribution in [3.63, 3.8) is 0 Å². The summed E-state index contributed by atoms with van der Waals surface area (Å²) in [5.41, 5.74) is 3.37. The topological polar surface area (TPSA) is 50.8 Å². The van der Waals surface area contributed by atoms with Crippen molar-refractivity contribution in [2.45, 2.75) is 19.5 Å². The summed E-state index contributed by atoms with van der Waals surface area (Å²) in [5, 5.41) is 3.04. The van der Waals surface area contributed by atoms with Crippen LogP contribution < -0.4 is 10.1 Å². The number of ether oxygens (including phenoxy) is 2. The van der Waals surface area contributed by atoms with Crippen molar-refractivity contribution in [3.8, 4) is 5.75 Å². The van der Waals surface area contributed by atoms with Gasteiger partial charge in [0, 0.05) is 26.2 Å². The first-order chi connectivity index (χ1) is 12.7. The molecule has 0 radical (unpaired) electrons. The Kier molecular flexibility index (Phi) is 6.63. The Morgan fingerprint density at radius 1 is 1.12 bits per heavy atom. The van der Waals surface area contributed by atoms with Crippen molar-refractivity contribution in [2.24, 2.45) is 0 Å². The number of hydrogen-bond acceptors (Lipinski definition) is 4. The third-order valence-electron chi connectivity index (χ3n) is 4.59. The number of nitrogens with one attached hydrogen (secondary N) is 1. The molecular formula is C21H26N2O3. The number of rotatable bonds is 7. The lowest BCUT2D eigenvalue weighted by atomic mass is 10.1.